The zero-order valence-electron chi connectivity index (χ0n) is 15.9. The van der Waals surface area contributed by atoms with Gasteiger partial charge in [-0.1, -0.05) is 13.8 Å². The summed E-state index contributed by atoms with van der Waals surface area (Å²) in [5.74, 6) is -2.09. The van der Waals surface area contributed by atoms with Gasteiger partial charge in [0.2, 0.25) is 5.91 Å². The molecular formula is C20H22N2O6. The van der Waals surface area contributed by atoms with Gasteiger partial charge in [0.15, 0.2) is 6.61 Å². The Bertz CT molecular complexity index is 860. The summed E-state index contributed by atoms with van der Waals surface area (Å²) in [6.45, 7) is 4.11. The lowest BCUT2D eigenvalue weighted by Gasteiger charge is -2.14. The molecule has 2 aliphatic heterocycles. The number of hydrogen-bond donors (Lipinski definition) is 0. The van der Waals surface area contributed by atoms with Gasteiger partial charge in [0.1, 0.15) is 0 Å². The Balaban J connectivity index is 1.66. The molecule has 0 aromatic heterocycles. The molecule has 0 spiro atoms. The van der Waals surface area contributed by atoms with E-state index in [2.05, 4.69) is 0 Å². The molecule has 0 radical (unpaired) electrons. The van der Waals surface area contributed by atoms with Gasteiger partial charge < -0.3 is 4.74 Å². The lowest BCUT2D eigenvalue weighted by molar-refractivity contribution is -0.143. The molecular weight excluding hydrogens is 364 g/mol. The number of imide groups is 2. The van der Waals surface area contributed by atoms with E-state index in [0.717, 1.165) is 4.90 Å². The molecule has 0 saturated carbocycles. The van der Waals surface area contributed by atoms with Crippen molar-refractivity contribution in [3.63, 3.8) is 0 Å². The van der Waals surface area contributed by atoms with Crippen LogP contribution in [0.15, 0.2) is 18.2 Å². The van der Waals surface area contributed by atoms with Crippen molar-refractivity contribution in [2.75, 3.05) is 19.7 Å². The van der Waals surface area contributed by atoms with Crippen LogP contribution < -0.4 is 0 Å². The van der Waals surface area contributed by atoms with E-state index in [-0.39, 0.29) is 28.5 Å². The molecule has 0 bridgehead atoms. The predicted octanol–water partition coefficient (Wildman–Crippen LogP) is 1.63. The normalized spacial score (nSPS) is 16.2. The second kappa shape index (κ2) is 7.92. The topological polar surface area (TPSA) is 101 Å². The molecule has 28 heavy (non-hydrogen) atoms. The number of carbonyl (C=O) groups is 5. The molecule has 3 rings (SSSR count). The van der Waals surface area contributed by atoms with Gasteiger partial charge in [-0.3, -0.25) is 29.0 Å². The number of rotatable bonds is 6. The average molecular weight is 386 g/mol. The van der Waals surface area contributed by atoms with Crippen LogP contribution in [0, 0.1) is 5.92 Å². The SMILES string of the molecule is CC(C)CCN1C(=O)c2ccc(C(=O)OCC(=O)N3CCCC3=O)cc2C1=O. The average Bonchev–Trinajstić information content (AvgIpc) is 3.19. The van der Waals surface area contributed by atoms with Crippen LogP contribution in [0.25, 0.3) is 0 Å². The van der Waals surface area contributed by atoms with Crippen LogP contribution in [-0.2, 0) is 14.3 Å². The first-order valence-electron chi connectivity index (χ1n) is 9.30. The fourth-order valence-electron chi connectivity index (χ4n) is 3.21. The summed E-state index contributed by atoms with van der Waals surface area (Å²) >= 11 is 0. The first-order chi connectivity index (χ1) is 13.3. The first kappa shape index (κ1) is 19.7. The number of hydrogen-bond acceptors (Lipinski definition) is 6. The molecule has 0 atom stereocenters. The smallest absolute Gasteiger partial charge is 0.338 e. The number of amides is 4. The number of likely N-dealkylation sites (tertiary alicyclic amines) is 1. The Morgan fingerprint density at radius 1 is 1.11 bits per heavy atom. The Kier molecular flexibility index (Phi) is 5.58. The van der Waals surface area contributed by atoms with Gasteiger partial charge in [0.05, 0.1) is 16.7 Å². The molecule has 8 nitrogen and oxygen atoms in total. The van der Waals surface area contributed by atoms with E-state index < -0.39 is 24.4 Å². The molecule has 0 N–H and O–H groups in total. The van der Waals surface area contributed by atoms with Crippen LogP contribution in [-0.4, -0.2) is 59.1 Å². The molecule has 1 fully saturated rings. The highest BCUT2D eigenvalue weighted by atomic mass is 16.5. The van der Waals surface area contributed by atoms with Crippen LogP contribution in [0.5, 0.6) is 0 Å². The summed E-state index contributed by atoms with van der Waals surface area (Å²) < 4.78 is 4.99. The lowest BCUT2D eigenvalue weighted by atomic mass is 10.1. The lowest BCUT2D eigenvalue weighted by Crippen LogP contribution is -2.35. The van der Waals surface area contributed by atoms with Crippen molar-refractivity contribution < 1.29 is 28.7 Å². The molecule has 148 valence electrons. The summed E-state index contributed by atoms with van der Waals surface area (Å²) in [4.78, 5) is 62.9. The summed E-state index contributed by atoms with van der Waals surface area (Å²) in [5, 5.41) is 0. The van der Waals surface area contributed by atoms with E-state index >= 15 is 0 Å². The Hall–Kier alpha value is -3.03. The minimum Gasteiger partial charge on any atom is -0.452 e. The van der Waals surface area contributed by atoms with Gasteiger partial charge in [-0.15, -0.1) is 0 Å². The summed E-state index contributed by atoms with van der Waals surface area (Å²) in [6, 6.07) is 4.13. The quantitative estimate of drug-likeness (QED) is 0.544. The first-order valence-corrected chi connectivity index (χ1v) is 9.30. The zero-order chi connectivity index (χ0) is 20.4. The van der Waals surface area contributed by atoms with Crippen LogP contribution in [0.3, 0.4) is 0 Å². The molecule has 2 heterocycles. The van der Waals surface area contributed by atoms with E-state index in [4.69, 9.17) is 4.74 Å². The number of fused-ring (bicyclic) bond motifs is 1. The Morgan fingerprint density at radius 2 is 1.82 bits per heavy atom. The Morgan fingerprint density at radius 3 is 2.46 bits per heavy atom. The number of ether oxygens (including phenoxy) is 1. The fourth-order valence-corrected chi connectivity index (χ4v) is 3.21. The molecule has 0 unspecified atom stereocenters. The number of nitrogens with zero attached hydrogens (tertiary/aromatic N) is 2. The molecule has 1 aromatic carbocycles. The van der Waals surface area contributed by atoms with Crippen LogP contribution in [0.1, 0.15) is 64.2 Å². The highest BCUT2D eigenvalue weighted by Gasteiger charge is 2.36. The number of carbonyl (C=O) groups excluding carboxylic acids is 5. The predicted molar refractivity (Wildman–Crippen MR) is 97.5 cm³/mol. The van der Waals surface area contributed by atoms with E-state index in [1.165, 1.54) is 23.1 Å². The fraction of sp³-hybridized carbons (Fsp3) is 0.450. The van der Waals surface area contributed by atoms with E-state index in [1.807, 2.05) is 13.8 Å². The maximum Gasteiger partial charge on any atom is 0.338 e. The van der Waals surface area contributed by atoms with Gasteiger partial charge in [0, 0.05) is 19.5 Å². The minimum absolute atomic E-state index is 0.0751. The number of benzene rings is 1. The molecule has 1 aromatic rings. The minimum atomic E-state index is -0.788. The molecule has 0 aliphatic carbocycles. The van der Waals surface area contributed by atoms with E-state index in [9.17, 15) is 24.0 Å². The third kappa shape index (κ3) is 3.81. The van der Waals surface area contributed by atoms with Crippen molar-refractivity contribution in [1.29, 1.82) is 0 Å². The van der Waals surface area contributed by atoms with Gasteiger partial charge in [-0.2, -0.15) is 0 Å². The molecule has 8 heteroatoms. The highest BCUT2D eigenvalue weighted by molar-refractivity contribution is 6.22. The third-order valence-corrected chi connectivity index (χ3v) is 4.84. The van der Waals surface area contributed by atoms with Crippen molar-refractivity contribution in [2.24, 2.45) is 5.92 Å². The maximum absolute atomic E-state index is 12.5. The Labute approximate surface area is 162 Å². The highest BCUT2D eigenvalue weighted by Crippen LogP contribution is 2.25. The van der Waals surface area contributed by atoms with Crippen molar-refractivity contribution in [2.45, 2.75) is 33.1 Å². The number of esters is 1. The summed E-state index contributed by atoms with van der Waals surface area (Å²) in [6.07, 6.45) is 1.61. The van der Waals surface area contributed by atoms with E-state index in [1.54, 1.807) is 0 Å². The molecule has 4 amide bonds. The second-order valence-electron chi connectivity index (χ2n) is 7.32. The van der Waals surface area contributed by atoms with Crippen molar-refractivity contribution in [3.8, 4) is 0 Å². The summed E-state index contributed by atoms with van der Waals surface area (Å²) in [7, 11) is 0. The molecule has 1 saturated heterocycles. The summed E-state index contributed by atoms with van der Waals surface area (Å²) in [5.41, 5.74) is 0.486. The van der Waals surface area contributed by atoms with Crippen LogP contribution in [0.2, 0.25) is 0 Å². The van der Waals surface area contributed by atoms with Gasteiger partial charge in [-0.05, 0) is 37.0 Å². The van der Waals surface area contributed by atoms with Crippen LogP contribution in [0.4, 0.5) is 0 Å². The van der Waals surface area contributed by atoms with Crippen molar-refractivity contribution in [1.82, 2.24) is 9.80 Å². The second-order valence-corrected chi connectivity index (χ2v) is 7.32. The zero-order valence-corrected chi connectivity index (χ0v) is 15.9. The van der Waals surface area contributed by atoms with Crippen LogP contribution >= 0.6 is 0 Å². The standard InChI is InChI=1S/C20H22N2O6/c1-12(2)7-9-22-18(25)14-6-5-13(10-15(14)19(22)26)20(27)28-11-17(24)21-8-3-4-16(21)23/h5-6,10,12H,3-4,7-9,11H2,1-2H3. The maximum atomic E-state index is 12.5. The van der Waals surface area contributed by atoms with Gasteiger partial charge in [-0.25, -0.2) is 4.79 Å². The largest absolute Gasteiger partial charge is 0.452 e. The van der Waals surface area contributed by atoms with E-state index in [0.29, 0.717) is 38.3 Å². The van der Waals surface area contributed by atoms with Crippen molar-refractivity contribution in [3.05, 3.63) is 34.9 Å². The van der Waals surface area contributed by atoms with Gasteiger partial charge >= 0.3 is 5.97 Å². The molecule has 2 aliphatic rings. The third-order valence-electron chi connectivity index (χ3n) is 4.84. The van der Waals surface area contributed by atoms with Crippen molar-refractivity contribution >= 4 is 29.6 Å². The van der Waals surface area contributed by atoms with Gasteiger partial charge in [0.25, 0.3) is 17.7 Å². The monoisotopic (exact) mass is 386 g/mol.